The van der Waals surface area contributed by atoms with Gasteiger partial charge in [-0.05, 0) is 234 Å². The predicted molar refractivity (Wildman–Crippen MR) is 321 cm³/mol. The highest BCUT2D eigenvalue weighted by Crippen LogP contribution is 2.79. The van der Waals surface area contributed by atoms with Crippen molar-refractivity contribution in [2.45, 2.75) is 225 Å². The van der Waals surface area contributed by atoms with Crippen LogP contribution in [-0.2, 0) is 43.1 Å². The van der Waals surface area contributed by atoms with Gasteiger partial charge in [0.1, 0.15) is 19.5 Å². The van der Waals surface area contributed by atoms with Crippen LogP contribution in [0.5, 0.6) is 0 Å². The van der Waals surface area contributed by atoms with Crippen LogP contribution in [0.3, 0.4) is 0 Å². The van der Waals surface area contributed by atoms with Crippen LogP contribution in [0, 0.1) is 113 Å². The molecule has 83 heavy (non-hydrogen) atoms. The average Bonchev–Trinajstić information content (AvgIpc) is 1.84. The summed E-state index contributed by atoms with van der Waals surface area (Å²) in [6.07, 6.45) is 24.4. The van der Waals surface area contributed by atoms with Crippen molar-refractivity contribution in [1.29, 1.82) is 0 Å². The highest BCUT2D eigenvalue weighted by Gasteiger charge is 2.73. The zero-order chi connectivity index (χ0) is 61.3. The average molecular weight is 1160 g/mol. The largest absolute Gasteiger partial charge is 0.465 e. The summed E-state index contributed by atoms with van der Waals surface area (Å²) in [5, 5.41) is 28.6. The number of carbonyl (C=O) groups is 5. The molecule has 0 bridgehead atoms. The molecule has 4 N–H and O–H groups in total. The third-order valence-corrected chi connectivity index (χ3v) is 27.7. The number of hydrogen-bond acceptors (Lipinski definition) is 15. The van der Waals surface area contributed by atoms with Gasteiger partial charge in [-0.25, -0.2) is 15.5 Å². The van der Waals surface area contributed by atoms with Gasteiger partial charge in [0.15, 0.2) is 0 Å². The number of carbonyl (C=O) groups excluding carboxylic acids is 5. The van der Waals surface area contributed by atoms with Gasteiger partial charge in [0.2, 0.25) is 0 Å². The van der Waals surface area contributed by atoms with Crippen molar-refractivity contribution >= 4 is 47.8 Å². The summed E-state index contributed by atoms with van der Waals surface area (Å²) < 4.78 is 11.4. The number of allylic oxidation sites excluding steroid dienone is 2. The lowest BCUT2D eigenvalue weighted by molar-refractivity contribution is -0.228. The highest BCUT2D eigenvalue weighted by molar-refractivity contribution is 5.92. The smallest absolute Gasteiger partial charge is 0.331 e. The Balaban J connectivity index is 0.000000211. The number of ether oxygens (including phenoxy) is 2. The van der Waals surface area contributed by atoms with Gasteiger partial charge in [0.05, 0.1) is 17.6 Å². The van der Waals surface area contributed by atoms with E-state index >= 15 is 0 Å². The fourth-order valence-electron chi connectivity index (χ4n) is 23.6. The summed E-state index contributed by atoms with van der Waals surface area (Å²) in [4.78, 5) is 70.3. The molecule has 15 nitrogen and oxygen atoms in total. The third kappa shape index (κ3) is 10.0. The molecule has 10 rings (SSSR count). The number of rotatable bonds is 10. The van der Waals surface area contributed by atoms with Crippen LogP contribution in [0.25, 0.3) is 0 Å². The first-order valence-corrected chi connectivity index (χ1v) is 31.8. The normalized spacial score (nSPS) is 47.3. The van der Waals surface area contributed by atoms with E-state index in [1.165, 1.54) is 58.0 Å². The highest BCUT2D eigenvalue weighted by atomic mass is 16.7. The van der Waals surface area contributed by atoms with E-state index in [0.29, 0.717) is 47.3 Å². The van der Waals surface area contributed by atoms with Crippen LogP contribution < -0.4 is 5.90 Å². The van der Waals surface area contributed by atoms with E-state index in [1.54, 1.807) is 0 Å². The maximum atomic E-state index is 12.7. The molecule has 0 amide bonds. The Morgan fingerprint density at radius 2 is 0.892 bits per heavy atom. The molecule has 0 aromatic heterocycles. The molecule has 0 heterocycles. The van der Waals surface area contributed by atoms with E-state index in [4.69, 9.17) is 24.4 Å². The van der Waals surface area contributed by atoms with Gasteiger partial charge in [0, 0.05) is 49.4 Å². The molecule has 0 saturated heterocycles. The molecule has 10 aliphatic rings. The quantitative estimate of drug-likeness (QED) is 0.0353. The van der Waals surface area contributed by atoms with Crippen molar-refractivity contribution < 1.29 is 53.5 Å². The molecular formula is C68H106N4O11. The molecule has 0 radical (unpaired) electrons. The topological polar surface area (TPSA) is 226 Å². The second kappa shape index (κ2) is 23.1. The molecular weight excluding hydrogens is 1050 g/mol. The molecule has 20 atom stereocenters. The fraction of sp³-hybridized carbons (Fsp3) is 0.824. The molecule has 0 aromatic rings. The summed E-state index contributed by atoms with van der Waals surface area (Å²) in [5.41, 5.74) is 3.84. The first-order valence-electron chi connectivity index (χ1n) is 31.8. The molecule has 10 fully saturated rings. The second-order valence-electron chi connectivity index (χ2n) is 30.8. The Morgan fingerprint density at radius 1 is 0.506 bits per heavy atom. The summed E-state index contributed by atoms with van der Waals surface area (Å²) in [5.74, 6) is 6.58. The van der Waals surface area contributed by atoms with E-state index in [-0.39, 0.29) is 80.3 Å². The van der Waals surface area contributed by atoms with E-state index < -0.39 is 22.8 Å². The fourth-order valence-corrected chi connectivity index (χ4v) is 23.6. The van der Waals surface area contributed by atoms with Crippen LogP contribution in [0.15, 0.2) is 39.8 Å². The van der Waals surface area contributed by atoms with E-state index in [1.807, 2.05) is 6.21 Å². The van der Waals surface area contributed by atoms with Gasteiger partial charge < -0.3 is 34.4 Å². The van der Waals surface area contributed by atoms with Crippen LogP contribution >= 0.6 is 0 Å². The summed E-state index contributed by atoms with van der Waals surface area (Å²) in [6.45, 7) is 39.1. The maximum absolute atomic E-state index is 12.7. The number of nitrogens with two attached hydrogens (primary N) is 1. The van der Waals surface area contributed by atoms with Crippen molar-refractivity contribution in [3.63, 3.8) is 0 Å². The Hall–Kier alpha value is -4.24. The van der Waals surface area contributed by atoms with Crippen LogP contribution in [0.1, 0.15) is 225 Å². The summed E-state index contributed by atoms with van der Waals surface area (Å²) >= 11 is 0. The second-order valence-corrected chi connectivity index (χ2v) is 30.8. The Labute approximate surface area is 496 Å². The lowest BCUT2D eigenvalue weighted by Gasteiger charge is -2.72. The standard InChI is InChI=1S/C34H52N2O5.C34H51NO5.H3NO/c1-21(2)24-11-16-34(19-35-39)18-17-32(7)25(29(24)34)9-10-27-30(5)14-13-28(36-41-23(4)38)31(6,20-40-22(3)37)26(30)12-15-33(27,32)8;1-21(2)24-11-16-34(19-36)18-17-32(7)25(29(24)34)9-10-27-30(5)14-13-28(35-40-23(4)38)31(6,20-39-22(3)37)26(30)12-15-33(27,32)8;1-2/h19,24-27,29,39H,1,9-18,20H2,2-8H3;19,24-27,29H,1,9-18,20H2,2-8H3;2H,1H2/b35-19+,36-28?;;/t2*24-,25+,26+,27+,29+,30-,31+,32+,33+,34+;/m00./s1. The van der Waals surface area contributed by atoms with Crippen molar-refractivity contribution in [1.82, 2.24) is 0 Å². The Kier molecular flexibility index (Phi) is 18.0. The SMILES string of the molecule is C=C(C)[C@@H]1CC[C@]2(/C=N/O)CC[C@]3(C)[C@H](CC[C@@H]4[C@@]5(C)CCC(=NOC(C)=O)[C@](C)(COC(C)=O)[C@@H]5CC[C@]43C)[C@@H]12.C=C(C)[C@@H]1CC[C@]2(C=O)CC[C@]3(C)[C@H](CC[C@@H]4[C@@]5(C)CCC(=NOC(C)=O)[C@](C)(COC(C)=O)[C@@H]5CC[C@]43C)[C@@H]12.NO. The number of nitrogens with zero attached hydrogens (tertiary/aromatic N) is 3. The molecule has 464 valence electrons. The number of hydrogen-bond donors (Lipinski definition) is 3. The van der Waals surface area contributed by atoms with Crippen molar-refractivity contribution in [3.05, 3.63) is 24.3 Å². The maximum Gasteiger partial charge on any atom is 0.331 e. The van der Waals surface area contributed by atoms with Crippen LogP contribution in [0.2, 0.25) is 0 Å². The predicted octanol–water partition coefficient (Wildman–Crippen LogP) is 14.2. The minimum absolute atomic E-state index is 0.0254. The van der Waals surface area contributed by atoms with Crippen molar-refractivity contribution in [3.8, 4) is 0 Å². The third-order valence-electron chi connectivity index (χ3n) is 27.7. The lowest BCUT2D eigenvalue weighted by atomic mass is 9.32. The summed E-state index contributed by atoms with van der Waals surface area (Å²) in [7, 11) is 0. The van der Waals surface area contributed by atoms with E-state index in [2.05, 4.69) is 104 Å². The summed E-state index contributed by atoms with van der Waals surface area (Å²) in [6, 6.07) is 0. The van der Waals surface area contributed by atoms with Gasteiger partial charge in [-0.15, -0.1) is 5.16 Å². The molecule has 0 aliphatic heterocycles. The van der Waals surface area contributed by atoms with E-state index in [0.717, 1.165) is 127 Å². The minimum atomic E-state index is -0.483. The molecule has 0 unspecified atom stereocenters. The molecule has 10 aliphatic carbocycles. The van der Waals surface area contributed by atoms with E-state index in [9.17, 15) is 29.2 Å². The molecule has 15 heteroatoms. The van der Waals surface area contributed by atoms with Gasteiger partial charge in [-0.1, -0.05) is 90.0 Å². The molecule has 10 saturated carbocycles. The van der Waals surface area contributed by atoms with Gasteiger partial charge >= 0.3 is 23.9 Å². The lowest BCUT2D eigenvalue weighted by Crippen LogP contribution is -2.67. The minimum Gasteiger partial charge on any atom is -0.465 e. The number of aldehydes is 1. The Morgan fingerprint density at radius 3 is 1.25 bits per heavy atom. The van der Waals surface area contributed by atoms with Crippen LogP contribution in [-0.4, -0.2) is 71.4 Å². The number of fused-ring (bicyclic) bond motifs is 14. The van der Waals surface area contributed by atoms with Crippen molar-refractivity contribution in [2.24, 2.45) is 135 Å². The van der Waals surface area contributed by atoms with Gasteiger partial charge in [-0.2, -0.15) is 0 Å². The molecule has 0 spiro atoms. The Bertz CT molecular complexity index is 2650. The zero-order valence-electron chi connectivity index (χ0n) is 53.4. The number of esters is 2. The zero-order valence-corrected chi connectivity index (χ0v) is 53.4. The first-order chi connectivity index (χ1) is 38.9. The molecule has 0 aromatic carbocycles. The van der Waals surface area contributed by atoms with Gasteiger partial charge in [-0.3, -0.25) is 9.59 Å². The number of oxime groups is 3. The first kappa shape index (κ1) is 64.8. The monoisotopic (exact) mass is 1150 g/mol. The van der Waals surface area contributed by atoms with Crippen molar-refractivity contribution in [2.75, 3.05) is 13.2 Å². The van der Waals surface area contributed by atoms with Crippen LogP contribution in [0.4, 0.5) is 0 Å². The van der Waals surface area contributed by atoms with Gasteiger partial charge in [0.25, 0.3) is 0 Å².